The van der Waals surface area contributed by atoms with Crippen LogP contribution >= 0.6 is 23.1 Å². The first-order valence-electron chi connectivity index (χ1n) is 8.36. The molecule has 3 aromatic heterocycles. The summed E-state index contributed by atoms with van der Waals surface area (Å²) < 4.78 is 23.5. The molecule has 28 heavy (non-hydrogen) atoms. The standard InChI is InChI=1S/C20H15FN2O3S2/c1-11-16(12-3-5-13(21)6-4-12)17-18(22-10-23-19(17)28-11)27-9-14-7-8-15(26-14)20(24)25-2/h3-8,10H,9H2,1-2H3. The van der Waals surface area contributed by atoms with Crippen molar-refractivity contribution < 1.29 is 18.3 Å². The molecule has 4 rings (SSSR count). The number of hydrogen-bond acceptors (Lipinski definition) is 7. The number of benzene rings is 1. The Morgan fingerprint density at radius 2 is 2.00 bits per heavy atom. The Kier molecular flexibility index (Phi) is 5.15. The van der Waals surface area contributed by atoms with Crippen LogP contribution in [0.25, 0.3) is 21.3 Å². The molecule has 0 radical (unpaired) electrons. The number of aromatic nitrogens is 2. The third kappa shape index (κ3) is 3.53. The average molecular weight is 414 g/mol. The molecule has 0 amide bonds. The van der Waals surface area contributed by atoms with Crippen LogP contribution in [-0.4, -0.2) is 23.0 Å². The molecule has 0 bridgehead atoms. The summed E-state index contributed by atoms with van der Waals surface area (Å²) in [5.74, 6) is 0.538. The quantitative estimate of drug-likeness (QED) is 0.245. The number of carbonyl (C=O) groups is 1. The van der Waals surface area contributed by atoms with Crippen LogP contribution in [0.5, 0.6) is 0 Å². The van der Waals surface area contributed by atoms with Gasteiger partial charge in [0.05, 0.1) is 18.2 Å². The largest absolute Gasteiger partial charge is 0.463 e. The van der Waals surface area contributed by atoms with E-state index in [2.05, 4.69) is 14.7 Å². The van der Waals surface area contributed by atoms with E-state index in [1.165, 1.54) is 37.3 Å². The van der Waals surface area contributed by atoms with Crippen molar-refractivity contribution in [1.29, 1.82) is 0 Å². The lowest BCUT2D eigenvalue weighted by molar-refractivity contribution is 0.0563. The molecular formula is C20H15FN2O3S2. The molecule has 0 spiro atoms. The molecule has 0 saturated heterocycles. The van der Waals surface area contributed by atoms with Gasteiger partial charge in [-0.2, -0.15) is 0 Å². The van der Waals surface area contributed by atoms with Crippen LogP contribution in [0, 0.1) is 12.7 Å². The number of aryl methyl sites for hydroxylation is 1. The number of hydrogen-bond donors (Lipinski definition) is 0. The van der Waals surface area contributed by atoms with Crippen molar-refractivity contribution in [2.24, 2.45) is 0 Å². The van der Waals surface area contributed by atoms with Gasteiger partial charge in [-0.05, 0) is 36.8 Å². The van der Waals surface area contributed by atoms with Gasteiger partial charge in [0.1, 0.15) is 27.8 Å². The van der Waals surface area contributed by atoms with Gasteiger partial charge < -0.3 is 9.15 Å². The number of esters is 1. The van der Waals surface area contributed by atoms with E-state index in [1.54, 1.807) is 35.6 Å². The fourth-order valence-electron chi connectivity index (χ4n) is 2.90. The van der Waals surface area contributed by atoms with Crippen molar-refractivity contribution in [2.45, 2.75) is 17.7 Å². The fraction of sp³-hybridized carbons (Fsp3) is 0.150. The SMILES string of the molecule is COC(=O)c1ccc(CSc2ncnc3sc(C)c(-c4ccc(F)cc4)c23)o1. The van der Waals surface area contributed by atoms with Crippen LogP contribution < -0.4 is 0 Å². The molecule has 0 saturated carbocycles. The first kappa shape index (κ1) is 18.6. The zero-order valence-corrected chi connectivity index (χ0v) is 16.7. The summed E-state index contributed by atoms with van der Waals surface area (Å²) in [6.45, 7) is 2.02. The number of methoxy groups -OCH3 is 1. The molecule has 0 aliphatic carbocycles. The van der Waals surface area contributed by atoms with Crippen molar-refractivity contribution in [2.75, 3.05) is 7.11 Å². The summed E-state index contributed by atoms with van der Waals surface area (Å²) in [7, 11) is 1.31. The average Bonchev–Trinajstić information content (AvgIpc) is 3.30. The lowest BCUT2D eigenvalue weighted by atomic mass is 10.0. The summed E-state index contributed by atoms with van der Waals surface area (Å²) in [6.07, 6.45) is 1.54. The zero-order valence-electron chi connectivity index (χ0n) is 15.1. The van der Waals surface area contributed by atoms with Gasteiger partial charge in [-0.3, -0.25) is 0 Å². The van der Waals surface area contributed by atoms with Crippen molar-refractivity contribution in [3.8, 4) is 11.1 Å². The number of nitrogens with zero attached hydrogens (tertiary/aromatic N) is 2. The van der Waals surface area contributed by atoms with Gasteiger partial charge in [-0.25, -0.2) is 19.2 Å². The van der Waals surface area contributed by atoms with Gasteiger partial charge in [-0.15, -0.1) is 11.3 Å². The Bertz CT molecular complexity index is 1150. The third-order valence-electron chi connectivity index (χ3n) is 4.16. The van der Waals surface area contributed by atoms with Crippen LogP contribution in [0.3, 0.4) is 0 Å². The molecule has 4 aromatic rings. The van der Waals surface area contributed by atoms with E-state index < -0.39 is 5.97 Å². The van der Waals surface area contributed by atoms with Crippen molar-refractivity contribution in [3.63, 3.8) is 0 Å². The van der Waals surface area contributed by atoms with Crippen LogP contribution in [-0.2, 0) is 10.5 Å². The summed E-state index contributed by atoms with van der Waals surface area (Å²) in [6, 6.07) is 9.77. The Morgan fingerprint density at radius 3 is 2.75 bits per heavy atom. The second-order valence-electron chi connectivity index (χ2n) is 5.95. The van der Waals surface area contributed by atoms with Gasteiger partial charge in [-0.1, -0.05) is 23.9 Å². The highest BCUT2D eigenvalue weighted by Gasteiger charge is 2.18. The van der Waals surface area contributed by atoms with E-state index in [0.717, 1.165) is 31.2 Å². The number of carbonyl (C=O) groups excluding carboxylic acids is 1. The molecule has 0 atom stereocenters. The Balaban J connectivity index is 1.68. The van der Waals surface area contributed by atoms with Crippen molar-refractivity contribution >= 4 is 39.3 Å². The third-order valence-corrected chi connectivity index (χ3v) is 6.19. The summed E-state index contributed by atoms with van der Waals surface area (Å²) in [5, 5.41) is 1.76. The minimum atomic E-state index is -0.507. The maximum absolute atomic E-state index is 13.3. The topological polar surface area (TPSA) is 65.2 Å². The highest BCUT2D eigenvalue weighted by atomic mass is 32.2. The lowest BCUT2D eigenvalue weighted by Gasteiger charge is -2.06. The van der Waals surface area contributed by atoms with E-state index in [0.29, 0.717) is 11.5 Å². The van der Waals surface area contributed by atoms with Gasteiger partial charge >= 0.3 is 5.97 Å². The lowest BCUT2D eigenvalue weighted by Crippen LogP contribution is -1.98. The maximum Gasteiger partial charge on any atom is 0.373 e. The minimum absolute atomic E-state index is 0.171. The van der Waals surface area contributed by atoms with Crippen molar-refractivity contribution in [3.05, 3.63) is 64.9 Å². The van der Waals surface area contributed by atoms with E-state index in [4.69, 9.17) is 4.42 Å². The molecule has 0 N–H and O–H groups in total. The van der Waals surface area contributed by atoms with Gasteiger partial charge in [0.25, 0.3) is 0 Å². The summed E-state index contributed by atoms with van der Waals surface area (Å²) in [4.78, 5) is 22.4. The molecule has 0 unspecified atom stereocenters. The van der Waals surface area contributed by atoms with E-state index in [1.807, 2.05) is 6.92 Å². The second kappa shape index (κ2) is 7.73. The molecule has 0 aliphatic rings. The zero-order chi connectivity index (χ0) is 19.7. The predicted octanol–water partition coefficient (Wildman–Crippen LogP) is 5.48. The Hall–Kier alpha value is -2.71. The normalized spacial score (nSPS) is 11.1. The van der Waals surface area contributed by atoms with E-state index in [9.17, 15) is 9.18 Å². The Morgan fingerprint density at radius 1 is 1.21 bits per heavy atom. The molecule has 142 valence electrons. The Labute approximate surface area is 168 Å². The highest BCUT2D eigenvalue weighted by molar-refractivity contribution is 7.98. The number of furan rings is 1. The predicted molar refractivity (Wildman–Crippen MR) is 107 cm³/mol. The summed E-state index contributed by atoms with van der Waals surface area (Å²) in [5.41, 5.74) is 1.94. The van der Waals surface area contributed by atoms with Crippen LogP contribution in [0.1, 0.15) is 21.2 Å². The highest BCUT2D eigenvalue weighted by Crippen LogP contribution is 2.41. The molecule has 5 nitrogen and oxygen atoms in total. The van der Waals surface area contributed by atoms with Crippen molar-refractivity contribution in [1.82, 2.24) is 9.97 Å². The molecule has 1 aromatic carbocycles. The summed E-state index contributed by atoms with van der Waals surface area (Å²) >= 11 is 3.08. The van der Waals surface area contributed by atoms with Crippen LogP contribution in [0.2, 0.25) is 0 Å². The molecule has 8 heteroatoms. The first-order valence-corrected chi connectivity index (χ1v) is 10.2. The van der Waals surface area contributed by atoms with Gasteiger partial charge in [0, 0.05) is 10.4 Å². The number of thiophene rings is 1. The number of ether oxygens (including phenoxy) is 1. The number of fused-ring (bicyclic) bond motifs is 1. The van der Waals surface area contributed by atoms with Gasteiger partial charge in [0.15, 0.2) is 0 Å². The molecule has 0 aliphatic heterocycles. The van der Waals surface area contributed by atoms with E-state index >= 15 is 0 Å². The molecular weight excluding hydrogens is 399 g/mol. The van der Waals surface area contributed by atoms with E-state index in [-0.39, 0.29) is 11.6 Å². The van der Waals surface area contributed by atoms with Gasteiger partial charge in [0.2, 0.25) is 5.76 Å². The number of rotatable bonds is 5. The first-order chi connectivity index (χ1) is 13.6. The number of halogens is 1. The fourth-order valence-corrected chi connectivity index (χ4v) is 4.87. The minimum Gasteiger partial charge on any atom is -0.463 e. The molecule has 0 fully saturated rings. The monoisotopic (exact) mass is 414 g/mol. The van der Waals surface area contributed by atoms with Crippen LogP contribution in [0.4, 0.5) is 4.39 Å². The maximum atomic E-state index is 13.3. The molecule has 3 heterocycles. The number of thioether (sulfide) groups is 1. The second-order valence-corrected chi connectivity index (χ2v) is 8.11. The van der Waals surface area contributed by atoms with Crippen LogP contribution in [0.15, 0.2) is 52.2 Å². The smallest absolute Gasteiger partial charge is 0.373 e.